The number of nitrogens with one attached hydrogen (secondary N) is 1. The molecule has 0 unspecified atom stereocenters. The van der Waals surface area contributed by atoms with Crippen LogP contribution in [-0.2, 0) is 32.6 Å². The molecule has 0 fully saturated rings. The van der Waals surface area contributed by atoms with Crippen LogP contribution in [0.4, 0.5) is 5.69 Å². The first-order chi connectivity index (χ1) is 21.0. The van der Waals surface area contributed by atoms with Crippen molar-refractivity contribution in [3.63, 3.8) is 0 Å². The Balaban J connectivity index is 1.82. The van der Waals surface area contributed by atoms with Gasteiger partial charge < -0.3 is 10.2 Å². The SMILES string of the molecule is Cc1cccc(CN(C(=O)CN(c2ccc(C)c(Cl)c2)S(=O)(=O)c2ccccc2)[C@H](Cc2ccccc2)C(=O)NC(C)C)c1. The second kappa shape index (κ2) is 14.6. The maximum absolute atomic E-state index is 14.5. The number of anilines is 1. The Hall–Kier alpha value is -4.14. The summed E-state index contributed by atoms with van der Waals surface area (Å²) in [5.41, 5.74) is 3.72. The quantitative estimate of drug-likeness (QED) is 0.198. The summed E-state index contributed by atoms with van der Waals surface area (Å²) in [6, 6.07) is 29.0. The minimum atomic E-state index is -4.19. The molecule has 4 aromatic rings. The molecule has 230 valence electrons. The van der Waals surface area contributed by atoms with Crippen molar-refractivity contribution in [2.24, 2.45) is 0 Å². The van der Waals surface area contributed by atoms with Crippen LogP contribution in [0.15, 0.2) is 108 Å². The van der Waals surface area contributed by atoms with Crippen molar-refractivity contribution in [2.75, 3.05) is 10.8 Å². The Morgan fingerprint density at radius 1 is 0.818 bits per heavy atom. The predicted molar refractivity (Wildman–Crippen MR) is 176 cm³/mol. The summed E-state index contributed by atoms with van der Waals surface area (Å²) in [4.78, 5) is 29.8. The standard InChI is InChI=1S/C35H38ClN3O4S/c1-25(2)37-35(41)33(21-28-13-7-5-8-14-28)38(23-29-15-11-12-26(3)20-29)34(40)24-39(30-19-18-27(4)32(36)22-30)44(42,43)31-16-9-6-10-17-31/h5-20,22,25,33H,21,23-24H2,1-4H3,(H,37,41)/t33-/m1/s1. The van der Waals surface area contributed by atoms with Crippen LogP contribution in [0.2, 0.25) is 5.02 Å². The summed E-state index contributed by atoms with van der Waals surface area (Å²) in [6.45, 7) is 7.06. The number of rotatable bonds is 12. The van der Waals surface area contributed by atoms with E-state index in [9.17, 15) is 18.0 Å². The van der Waals surface area contributed by atoms with Gasteiger partial charge >= 0.3 is 0 Å². The smallest absolute Gasteiger partial charge is 0.264 e. The average Bonchev–Trinajstić information content (AvgIpc) is 2.99. The fraction of sp³-hybridized carbons (Fsp3) is 0.257. The first-order valence-corrected chi connectivity index (χ1v) is 16.3. The summed E-state index contributed by atoms with van der Waals surface area (Å²) in [5, 5.41) is 3.34. The van der Waals surface area contributed by atoms with E-state index in [1.165, 1.54) is 17.0 Å². The topological polar surface area (TPSA) is 86.8 Å². The molecule has 0 saturated heterocycles. The molecular weight excluding hydrogens is 594 g/mol. The van der Waals surface area contributed by atoms with E-state index in [1.807, 2.05) is 82.3 Å². The summed E-state index contributed by atoms with van der Waals surface area (Å²) in [6.07, 6.45) is 0.249. The molecular formula is C35H38ClN3O4S. The van der Waals surface area contributed by atoms with Crippen LogP contribution in [0.5, 0.6) is 0 Å². The van der Waals surface area contributed by atoms with E-state index in [1.54, 1.807) is 36.4 Å². The lowest BCUT2D eigenvalue weighted by Crippen LogP contribution is -2.54. The number of nitrogens with zero attached hydrogens (tertiary/aromatic N) is 2. The number of benzene rings is 4. The normalized spacial score (nSPS) is 12.0. The third-order valence-electron chi connectivity index (χ3n) is 7.19. The maximum Gasteiger partial charge on any atom is 0.264 e. The zero-order valence-electron chi connectivity index (χ0n) is 25.4. The summed E-state index contributed by atoms with van der Waals surface area (Å²) < 4.78 is 29.2. The van der Waals surface area contributed by atoms with Crippen LogP contribution in [0, 0.1) is 13.8 Å². The summed E-state index contributed by atoms with van der Waals surface area (Å²) in [7, 11) is -4.19. The number of amides is 2. The van der Waals surface area contributed by atoms with E-state index in [4.69, 9.17) is 11.6 Å². The fourth-order valence-corrected chi connectivity index (χ4v) is 6.53. The number of halogens is 1. The van der Waals surface area contributed by atoms with Crippen molar-refractivity contribution < 1.29 is 18.0 Å². The highest BCUT2D eigenvalue weighted by Crippen LogP contribution is 2.29. The van der Waals surface area contributed by atoms with Crippen molar-refractivity contribution in [2.45, 2.75) is 57.6 Å². The van der Waals surface area contributed by atoms with Crippen LogP contribution in [0.25, 0.3) is 0 Å². The molecule has 0 heterocycles. The molecule has 0 radical (unpaired) electrons. The molecule has 7 nitrogen and oxygen atoms in total. The second-order valence-electron chi connectivity index (χ2n) is 11.1. The van der Waals surface area contributed by atoms with E-state index in [2.05, 4.69) is 5.32 Å². The number of aryl methyl sites for hydroxylation is 2. The minimum Gasteiger partial charge on any atom is -0.352 e. The largest absolute Gasteiger partial charge is 0.352 e. The Morgan fingerprint density at radius 2 is 1.45 bits per heavy atom. The first kappa shape index (κ1) is 32.8. The third kappa shape index (κ3) is 8.27. The molecule has 0 aliphatic rings. The van der Waals surface area contributed by atoms with Gasteiger partial charge in [-0.3, -0.25) is 13.9 Å². The van der Waals surface area contributed by atoms with Crippen molar-refractivity contribution in [3.8, 4) is 0 Å². The number of carbonyl (C=O) groups is 2. The number of carbonyl (C=O) groups excluding carboxylic acids is 2. The van der Waals surface area contributed by atoms with Gasteiger partial charge in [-0.05, 0) is 68.7 Å². The van der Waals surface area contributed by atoms with Crippen LogP contribution in [0.1, 0.15) is 36.1 Å². The molecule has 1 atom stereocenters. The number of hydrogen-bond donors (Lipinski definition) is 1. The highest BCUT2D eigenvalue weighted by molar-refractivity contribution is 7.92. The molecule has 0 bridgehead atoms. The van der Waals surface area contributed by atoms with Gasteiger partial charge in [0.25, 0.3) is 10.0 Å². The summed E-state index contributed by atoms with van der Waals surface area (Å²) >= 11 is 6.44. The van der Waals surface area contributed by atoms with Gasteiger partial charge in [0.2, 0.25) is 11.8 Å². The Morgan fingerprint density at radius 3 is 2.07 bits per heavy atom. The van der Waals surface area contributed by atoms with Crippen LogP contribution < -0.4 is 9.62 Å². The van der Waals surface area contributed by atoms with Gasteiger partial charge in [-0.2, -0.15) is 0 Å². The molecule has 2 amide bonds. The third-order valence-corrected chi connectivity index (χ3v) is 9.39. The van der Waals surface area contributed by atoms with Gasteiger partial charge in [-0.25, -0.2) is 8.42 Å². The molecule has 0 aliphatic carbocycles. The highest BCUT2D eigenvalue weighted by atomic mass is 35.5. The lowest BCUT2D eigenvalue weighted by atomic mass is 10.0. The first-order valence-electron chi connectivity index (χ1n) is 14.5. The van der Waals surface area contributed by atoms with Crippen molar-refractivity contribution in [1.29, 1.82) is 0 Å². The number of hydrogen-bond acceptors (Lipinski definition) is 4. The van der Waals surface area contributed by atoms with Gasteiger partial charge in [0, 0.05) is 24.0 Å². The van der Waals surface area contributed by atoms with Gasteiger partial charge in [0.1, 0.15) is 12.6 Å². The molecule has 0 aromatic heterocycles. The van der Waals surface area contributed by atoms with Gasteiger partial charge in [0.15, 0.2) is 0 Å². The van der Waals surface area contributed by atoms with Crippen LogP contribution in [-0.4, -0.2) is 43.8 Å². The van der Waals surface area contributed by atoms with E-state index >= 15 is 0 Å². The molecule has 4 aromatic carbocycles. The second-order valence-corrected chi connectivity index (χ2v) is 13.4. The lowest BCUT2D eigenvalue weighted by Gasteiger charge is -2.34. The maximum atomic E-state index is 14.5. The zero-order chi connectivity index (χ0) is 31.9. The van der Waals surface area contributed by atoms with Gasteiger partial charge in [0.05, 0.1) is 10.6 Å². The van der Waals surface area contributed by atoms with Crippen molar-refractivity contribution in [1.82, 2.24) is 10.2 Å². The highest BCUT2D eigenvalue weighted by Gasteiger charge is 2.35. The Labute approximate surface area is 265 Å². The van der Waals surface area contributed by atoms with Crippen LogP contribution in [0.3, 0.4) is 0 Å². The van der Waals surface area contributed by atoms with Crippen molar-refractivity contribution >= 4 is 39.1 Å². The zero-order valence-corrected chi connectivity index (χ0v) is 27.0. The molecule has 9 heteroatoms. The average molecular weight is 632 g/mol. The Bertz CT molecular complexity index is 1700. The number of sulfonamides is 1. The minimum absolute atomic E-state index is 0.0353. The molecule has 1 N–H and O–H groups in total. The molecule has 0 saturated carbocycles. The van der Waals surface area contributed by atoms with Gasteiger partial charge in [-0.15, -0.1) is 0 Å². The fourth-order valence-electron chi connectivity index (χ4n) is 4.93. The van der Waals surface area contributed by atoms with Crippen molar-refractivity contribution in [3.05, 3.63) is 130 Å². The van der Waals surface area contributed by atoms with Gasteiger partial charge in [-0.1, -0.05) is 96.0 Å². The summed E-state index contributed by atoms with van der Waals surface area (Å²) in [5.74, 6) is -0.844. The molecule has 0 spiro atoms. The molecule has 0 aliphatic heterocycles. The molecule has 44 heavy (non-hydrogen) atoms. The lowest BCUT2D eigenvalue weighted by molar-refractivity contribution is -0.140. The van der Waals surface area contributed by atoms with E-state index in [0.717, 1.165) is 26.6 Å². The van der Waals surface area contributed by atoms with Crippen LogP contribution >= 0.6 is 11.6 Å². The Kier molecular flexibility index (Phi) is 10.8. The molecule has 4 rings (SSSR count). The predicted octanol–water partition coefficient (Wildman–Crippen LogP) is 6.32. The monoisotopic (exact) mass is 631 g/mol. The van der Waals surface area contributed by atoms with E-state index in [-0.39, 0.29) is 35.5 Å². The van der Waals surface area contributed by atoms with E-state index in [0.29, 0.717) is 5.02 Å². The van der Waals surface area contributed by atoms with E-state index < -0.39 is 28.5 Å².